The summed E-state index contributed by atoms with van der Waals surface area (Å²) in [5.41, 5.74) is 3.32. The highest BCUT2D eigenvalue weighted by Gasteiger charge is 2.22. The van der Waals surface area contributed by atoms with Crippen LogP contribution < -0.4 is 15.0 Å². The van der Waals surface area contributed by atoms with Gasteiger partial charge >= 0.3 is 0 Å². The first-order chi connectivity index (χ1) is 13.6. The van der Waals surface area contributed by atoms with E-state index in [0.717, 1.165) is 29.8 Å². The molecule has 0 unspecified atom stereocenters. The second kappa shape index (κ2) is 7.58. The lowest BCUT2D eigenvalue weighted by Gasteiger charge is -2.17. The number of hydrogen-bond acceptors (Lipinski definition) is 4. The van der Waals surface area contributed by atoms with Gasteiger partial charge in [0.2, 0.25) is 0 Å². The number of nitrogens with zero attached hydrogens (tertiary/aromatic N) is 1. The molecule has 1 fully saturated rings. The van der Waals surface area contributed by atoms with E-state index in [9.17, 15) is 4.79 Å². The summed E-state index contributed by atoms with van der Waals surface area (Å²) in [5, 5.41) is 3.50. The summed E-state index contributed by atoms with van der Waals surface area (Å²) in [4.78, 5) is 15.1. The maximum Gasteiger partial charge on any atom is 0.255 e. The zero-order chi connectivity index (χ0) is 19.7. The van der Waals surface area contributed by atoms with Gasteiger partial charge in [-0.1, -0.05) is 0 Å². The van der Waals surface area contributed by atoms with Crippen molar-refractivity contribution in [2.24, 2.45) is 0 Å². The highest BCUT2D eigenvalue weighted by atomic mass is 16.5. The molecule has 0 atom stereocenters. The van der Waals surface area contributed by atoms with Crippen molar-refractivity contribution < 1.29 is 13.9 Å². The van der Waals surface area contributed by atoms with Crippen LogP contribution in [0.15, 0.2) is 46.9 Å². The molecule has 1 N–H and O–H groups in total. The largest absolute Gasteiger partial charge is 0.491 e. The van der Waals surface area contributed by atoms with Crippen molar-refractivity contribution in [3.8, 4) is 17.1 Å². The molecular weight excluding hydrogens is 352 g/mol. The van der Waals surface area contributed by atoms with E-state index in [1.165, 1.54) is 18.5 Å². The Morgan fingerprint density at radius 3 is 2.46 bits per heavy atom. The molecule has 4 rings (SSSR count). The standard InChI is InChI=1S/C23H26N2O3/c1-15(2)27-18-10-11-20-19(14-18)21(23(26)24-3)22(28-20)16-6-8-17(9-7-16)25-12-4-5-13-25/h6-11,14-15H,4-5,12-13H2,1-3H3,(H,24,26). The molecule has 146 valence electrons. The Kier molecular flexibility index (Phi) is 4.99. The Bertz CT molecular complexity index is 983. The number of rotatable bonds is 5. The molecule has 3 aromatic rings. The molecule has 0 bridgehead atoms. The van der Waals surface area contributed by atoms with Gasteiger partial charge in [0.1, 0.15) is 17.1 Å². The molecule has 1 aliphatic rings. The van der Waals surface area contributed by atoms with Crippen LogP contribution in [0.1, 0.15) is 37.0 Å². The van der Waals surface area contributed by atoms with Crippen molar-refractivity contribution in [3.63, 3.8) is 0 Å². The van der Waals surface area contributed by atoms with E-state index in [2.05, 4.69) is 22.3 Å². The normalized spacial score (nSPS) is 14.1. The molecule has 0 spiro atoms. The number of carbonyl (C=O) groups is 1. The Hall–Kier alpha value is -2.95. The minimum atomic E-state index is -0.168. The molecule has 1 aliphatic heterocycles. The average Bonchev–Trinajstić information content (AvgIpc) is 3.35. The number of anilines is 1. The van der Waals surface area contributed by atoms with Crippen LogP contribution >= 0.6 is 0 Å². The lowest BCUT2D eigenvalue weighted by molar-refractivity contribution is 0.0964. The molecule has 5 nitrogen and oxygen atoms in total. The second-order valence-corrected chi connectivity index (χ2v) is 7.45. The summed E-state index contributed by atoms with van der Waals surface area (Å²) < 4.78 is 11.9. The minimum absolute atomic E-state index is 0.0606. The van der Waals surface area contributed by atoms with E-state index in [0.29, 0.717) is 16.9 Å². The summed E-state index contributed by atoms with van der Waals surface area (Å²) in [7, 11) is 1.63. The SMILES string of the molecule is CNC(=O)c1c(-c2ccc(N3CCCC3)cc2)oc2ccc(OC(C)C)cc12. The molecule has 5 heteroatoms. The van der Waals surface area contributed by atoms with Gasteiger partial charge in [-0.15, -0.1) is 0 Å². The van der Waals surface area contributed by atoms with Crippen LogP contribution in [-0.4, -0.2) is 32.1 Å². The summed E-state index contributed by atoms with van der Waals surface area (Å²) in [6.07, 6.45) is 2.55. The highest BCUT2D eigenvalue weighted by molar-refractivity contribution is 6.11. The van der Waals surface area contributed by atoms with E-state index in [1.54, 1.807) is 7.05 Å². The lowest BCUT2D eigenvalue weighted by Crippen LogP contribution is -2.18. The maximum absolute atomic E-state index is 12.7. The number of fused-ring (bicyclic) bond motifs is 1. The molecule has 28 heavy (non-hydrogen) atoms. The van der Waals surface area contributed by atoms with Gasteiger partial charge in [-0.2, -0.15) is 0 Å². The fourth-order valence-corrected chi connectivity index (χ4v) is 3.77. The molecule has 1 amide bonds. The number of carbonyl (C=O) groups excluding carboxylic acids is 1. The zero-order valence-electron chi connectivity index (χ0n) is 16.6. The van der Waals surface area contributed by atoms with E-state index in [4.69, 9.17) is 9.15 Å². The van der Waals surface area contributed by atoms with Crippen LogP contribution in [0, 0.1) is 0 Å². The summed E-state index contributed by atoms with van der Waals surface area (Å²) in [6, 6.07) is 13.9. The quantitative estimate of drug-likeness (QED) is 0.690. The maximum atomic E-state index is 12.7. The van der Waals surface area contributed by atoms with Crippen LogP contribution in [0.5, 0.6) is 5.75 Å². The van der Waals surface area contributed by atoms with Crippen LogP contribution in [0.4, 0.5) is 5.69 Å². The van der Waals surface area contributed by atoms with Crippen molar-refractivity contribution in [2.45, 2.75) is 32.8 Å². The Morgan fingerprint density at radius 2 is 1.82 bits per heavy atom. The van der Waals surface area contributed by atoms with Crippen molar-refractivity contribution >= 4 is 22.6 Å². The van der Waals surface area contributed by atoms with Crippen LogP contribution in [0.25, 0.3) is 22.3 Å². The molecule has 0 saturated carbocycles. The second-order valence-electron chi connectivity index (χ2n) is 7.45. The van der Waals surface area contributed by atoms with Crippen molar-refractivity contribution in [1.29, 1.82) is 0 Å². The summed E-state index contributed by atoms with van der Waals surface area (Å²) in [6.45, 7) is 6.16. The lowest BCUT2D eigenvalue weighted by atomic mass is 10.0. The van der Waals surface area contributed by atoms with E-state index >= 15 is 0 Å². The number of hydrogen-bond donors (Lipinski definition) is 1. The third kappa shape index (κ3) is 3.44. The fourth-order valence-electron chi connectivity index (χ4n) is 3.77. The summed E-state index contributed by atoms with van der Waals surface area (Å²) >= 11 is 0. The molecular formula is C23H26N2O3. The van der Waals surface area contributed by atoms with E-state index < -0.39 is 0 Å². The molecule has 1 saturated heterocycles. The van der Waals surface area contributed by atoms with E-state index in [-0.39, 0.29) is 12.0 Å². The monoisotopic (exact) mass is 378 g/mol. The number of ether oxygens (including phenoxy) is 1. The Labute approximate surface area is 165 Å². The van der Waals surface area contributed by atoms with Gasteiger partial charge in [0, 0.05) is 36.8 Å². The first kappa shape index (κ1) is 18.4. The average molecular weight is 378 g/mol. The predicted octanol–water partition coefficient (Wildman–Crippen LogP) is 4.85. The third-order valence-electron chi connectivity index (χ3n) is 5.09. The van der Waals surface area contributed by atoms with Gasteiger partial charge in [-0.05, 0) is 69.2 Å². The summed E-state index contributed by atoms with van der Waals surface area (Å²) in [5.74, 6) is 1.15. The van der Waals surface area contributed by atoms with Gasteiger partial charge in [0.15, 0.2) is 0 Å². The zero-order valence-corrected chi connectivity index (χ0v) is 16.6. The fraction of sp³-hybridized carbons (Fsp3) is 0.348. The number of nitrogens with one attached hydrogen (secondary N) is 1. The van der Waals surface area contributed by atoms with Crippen LogP contribution in [0.2, 0.25) is 0 Å². The Balaban J connectivity index is 1.78. The highest BCUT2D eigenvalue weighted by Crippen LogP contribution is 2.36. The smallest absolute Gasteiger partial charge is 0.255 e. The number of benzene rings is 2. The molecule has 2 heterocycles. The topological polar surface area (TPSA) is 54.7 Å². The van der Waals surface area contributed by atoms with Gasteiger partial charge in [0.05, 0.1) is 11.7 Å². The minimum Gasteiger partial charge on any atom is -0.491 e. The number of amides is 1. The van der Waals surface area contributed by atoms with Crippen molar-refractivity contribution in [1.82, 2.24) is 5.32 Å². The van der Waals surface area contributed by atoms with Gasteiger partial charge in [-0.3, -0.25) is 4.79 Å². The molecule has 0 aliphatic carbocycles. The Morgan fingerprint density at radius 1 is 1.11 bits per heavy atom. The molecule has 1 aromatic heterocycles. The van der Waals surface area contributed by atoms with Gasteiger partial charge in [0.25, 0.3) is 5.91 Å². The van der Waals surface area contributed by atoms with Crippen molar-refractivity contribution in [3.05, 3.63) is 48.0 Å². The van der Waals surface area contributed by atoms with Crippen molar-refractivity contribution in [2.75, 3.05) is 25.0 Å². The predicted molar refractivity (Wildman–Crippen MR) is 112 cm³/mol. The van der Waals surface area contributed by atoms with Gasteiger partial charge < -0.3 is 19.4 Å². The first-order valence-electron chi connectivity index (χ1n) is 9.87. The van der Waals surface area contributed by atoms with E-state index in [1.807, 2.05) is 44.2 Å². The molecule has 2 aromatic carbocycles. The van der Waals surface area contributed by atoms with Crippen LogP contribution in [-0.2, 0) is 0 Å². The molecule has 0 radical (unpaired) electrons. The van der Waals surface area contributed by atoms with Gasteiger partial charge in [-0.25, -0.2) is 0 Å². The first-order valence-corrected chi connectivity index (χ1v) is 9.87. The number of furan rings is 1. The van der Waals surface area contributed by atoms with Crippen LogP contribution in [0.3, 0.4) is 0 Å². The third-order valence-corrected chi connectivity index (χ3v) is 5.09.